The van der Waals surface area contributed by atoms with Gasteiger partial charge < -0.3 is 5.11 Å². The molecule has 0 aliphatic carbocycles. The summed E-state index contributed by atoms with van der Waals surface area (Å²) in [7, 11) is 0. The summed E-state index contributed by atoms with van der Waals surface area (Å²) in [6.45, 7) is -0.227. The Labute approximate surface area is 102 Å². The number of hydrogen-bond acceptors (Lipinski definition) is 5. The van der Waals surface area contributed by atoms with Crippen molar-refractivity contribution < 1.29 is 14.7 Å². The lowest BCUT2D eigenvalue weighted by molar-refractivity contribution is -0.129. The van der Waals surface area contributed by atoms with Gasteiger partial charge >= 0.3 is 0 Å². The zero-order valence-corrected chi connectivity index (χ0v) is 9.79. The topological polar surface area (TPSA) is 70.5 Å². The molecule has 0 spiro atoms. The molecule has 1 fully saturated rings. The molecule has 1 N–H and O–H groups in total. The summed E-state index contributed by atoms with van der Waals surface area (Å²) in [5.41, 5.74) is 0. The summed E-state index contributed by atoms with van der Waals surface area (Å²) < 4.78 is 0. The number of carbonyl (C=O) groups excluding carboxylic acids is 2. The number of carbonyl (C=O) groups is 2. The van der Waals surface area contributed by atoms with Crippen LogP contribution in [0.25, 0.3) is 0 Å². The summed E-state index contributed by atoms with van der Waals surface area (Å²) in [5, 5.41) is 8.92. The highest BCUT2D eigenvalue weighted by Crippen LogP contribution is 2.26. The van der Waals surface area contributed by atoms with Crippen LogP contribution in [0.2, 0.25) is 0 Å². The SMILES string of the molecule is O=C1CCCC(=O)N1c1ncc(C#CCO)s1. The predicted molar refractivity (Wildman–Crippen MR) is 62.4 cm³/mol. The first-order valence-corrected chi connectivity index (χ1v) is 5.95. The number of thiazole rings is 1. The van der Waals surface area contributed by atoms with Gasteiger partial charge in [-0.2, -0.15) is 0 Å². The van der Waals surface area contributed by atoms with Crippen LogP contribution in [0.1, 0.15) is 24.1 Å². The highest BCUT2D eigenvalue weighted by molar-refractivity contribution is 7.16. The number of piperidine rings is 1. The molecule has 0 bridgehead atoms. The molecule has 2 amide bonds. The summed E-state index contributed by atoms with van der Waals surface area (Å²) in [6.07, 6.45) is 2.86. The van der Waals surface area contributed by atoms with E-state index in [0.717, 1.165) is 4.90 Å². The van der Waals surface area contributed by atoms with Crippen LogP contribution < -0.4 is 4.90 Å². The quantitative estimate of drug-likeness (QED) is 0.583. The Bertz CT molecular complexity index is 496. The fraction of sp³-hybridized carbons (Fsp3) is 0.364. The lowest BCUT2D eigenvalue weighted by Crippen LogP contribution is -2.40. The van der Waals surface area contributed by atoms with Gasteiger partial charge in [-0.05, 0) is 6.42 Å². The van der Waals surface area contributed by atoms with E-state index in [0.29, 0.717) is 29.3 Å². The Kier molecular flexibility index (Phi) is 3.52. The zero-order valence-electron chi connectivity index (χ0n) is 8.97. The normalized spacial score (nSPS) is 15.7. The molecule has 17 heavy (non-hydrogen) atoms. The van der Waals surface area contributed by atoms with E-state index in [-0.39, 0.29) is 18.4 Å². The van der Waals surface area contributed by atoms with Crippen LogP contribution in [0.3, 0.4) is 0 Å². The summed E-state index contributed by atoms with van der Waals surface area (Å²) in [4.78, 5) is 29.0. The maximum absolute atomic E-state index is 11.6. The average molecular weight is 250 g/mol. The Morgan fingerprint density at radius 2 is 2.12 bits per heavy atom. The molecule has 0 radical (unpaired) electrons. The van der Waals surface area contributed by atoms with E-state index >= 15 is 0 Å². The number of anilines is 1. The minimum atomic E-state index is -0.227. The van der Waals surface area contributed by atoms with Crippen molar-refractivity contribution in [1.29, 1.82) is 0 Å². The third-order valence-electron chi connectivity index (χ3n) is 2.26. The molecule has 5 nitrogen and oxygen atoms in total. The Morgan fingerprint density at radius 1 is 1.41 bits per heavy atom. The minimum Gasteiger partial charge on any atom is -0.384 e. The molecule has 0 aromatic carbocycles. The second-order valence-electron chi connectivity index (χ2n) is 3.44. The molecule has 1 saturated heterocycles. The van der Waals surface area contributed by atoms with Gasteiger partial charge in [0, 0.05) is 12.8 Å². The first-order chi connectivity index (χ1) is 8.22. The molecule has 1 aliphatic heterocycles. The number of hydrogen-bond donors (Lipinski definition) is 1. The van der Waals surface area contributed by atoms with Crippen molar-refractivity contribution in [1.82, 2.24) is 4.98 Å². The molecule has 6 heteroatoms. The van der Waals surface area contributed by atoms with Gasteiger partial charge in [0.15, 0.2) is 5.13 Å². The van der Waals surface area contributed by atoms with E-state index in [2.05, 4.69) is 16.8 Å². The molecule has 0 unspecified atom stereocenters. The lowest BCUT2D eigenvalue weighted by atomic mass is 10.1. The highest BCUT2D eigenvalue weighted by atomic mass is 32.1. The Morgan fingerprint density at radius 3 is 2.76 bits per heavy atom. The van der Waals surface area contributed by atoms with E-state index in [1.165, 1.54) is 17.5 Å². The monoisotopic (exact) mass is 250 g/mol. The summed E-state index contributed by atoms with van der Waals surface area (Å²) in [6, 6.07) is 0. The third-order valence-corrected chi connectivity index (χ3v) is 3.15. The van der Waals surface area contributed by atoms with Crippen molar-refractivity contribution in [3.63, 3.8) is 0 Å². The van der Waals surface area contributed by atoms with Crippen LogP contribution in [0.5, 0.6) is 0 Å². The van der Waals surface area contributed by atoms with Gasteiger partial charge in [-0.25, -0.2) is 9.88 Å². The van der Waals surface area contributed by atoms with Crippen molar-refractivity contribution in [3.8, 4) is 11.8 Å². The van der Waals surface area contributed by atoms with Gasteiger partial charge in [0.2, 0.25) is 11.8 Å². The molecule has 88 valence electrons. The number of nitrogens with zero attached hydrogens (tertiary/aromatic N) is 2. The van der Waals surface area contributed by atoms with Crippen LogP contribution >= 0.6 is 11.3 Å². The molecular formula is C11H10N2O3S. The van der Waals surface area contributed by atoms with Gasteiger partial charge in [-0.15, -0.1) is 0 Å². The lowest BCUT2D eigenvalue weighted by Gasteiger charge is -2.21. The first-order valence-electron chi connectivity index (χ1n) is 5.13. The highest BCUT2D eigenvalue weighted by Gasteiger charge is 2.29. The van der Waals surface area contributed by atoms with Crippen molar-refractivity contribution in [3.05, 3.63) is 11.1 Å². The second kappa shape index (κ2) is 5.08. The van der Waals surface area contributed by atoms with E-state index in [1.54, 1.807) is 0 Å². The number of aliphatic hydroxyl groups excluding tert-OH is 1. The molecule has 2 rings (SSSR count). The van der Waals surface area contributed by atoms with Crippen molar-refractivity contribution in [2.45, 2.75) is 19.3 Å². The van der Waals surface area contributed by atoms with Crippen molar-refractivity contribution in [2.24, 2.45) is 0 Å². The Hall–Kier alpha value is -1.71. The van der Waals surface area contributed by atoms with Crippen molar-refractivity contribution in [2.75, 3.05) is 11.5 Å². The first kappa shape index (κ1) is 11.8. The third kappa shape index (κ3) is 2.52. The average Bonchev–Trinajstić information content (AvgIpc) is 2.75. The van der Waals surface area contributed by atoms with Gasteiger partial charge in [-0.3, -0.25) is 9.59 Å². The number of aliphatic hydroxyl groups is 1. The maximum atomic E-state index is 11.6. The van der Waals surface area contributed by atoms with Crippen LogP contribution in [-0.4, -0.2) is 28.5 Å². The van der Waals surface area contributed by atoms with E-state index < -0.39 is 0 Å². The summed E-state index contributed by atoms with van der Waals surface area (Å²) >= 11 is 1.18. The molecule has 1 aliphatic rings. The smallest absolute Gasteiger partial charge is 0.235 e. The number of imide groups is 1. The number of aromatic nitrogens is 1. The van der Waals surface area contributed by atoms with Crippen LogP contribution in [0.4, 0.5) is 5.13 Å². The largest absolute Gasteiger partial charge is 0.384 e. The van der Waals surface area contributed by atoms with Gasteiger partial charge in [0.1, 0.15) is 6.61 Å². The molecule has 1 aromatic heterocycles. The molecule has 0 saturated carbocycles. The van der Waals surface area contributed by atoms with Gasteiger partial charge in [0.05, 0.1) is 11.1 Å². The van der Waals surface area contributed by atoms with E-state index in [1.807, 2.05) is 0 Å². The van der Waals surface area contributed by atoms with Crippen LogP contribution in [0.15, 0.2) is 6.20 Å². The van der Waals surface area contributed by atoms with Crippen LogP contribution in [0, 0.1) is 11.8 Å². The standard InChI is InChI=1S/C11H10N2O3S/c14-6-2-3-8-7-12-11(17-8)13-9(15)4-1-5-10(13)16/h7,14H,1,4-6H2. The van der Waals surface area contributed by atoms with Gasteiger partial charge in [-0.1, -0.05) is 23.2 Å². The maximum Gasteiger partial charge on any atom is 0.235 e. The molecule has 1 aromatic rings. The number of rotatable bonds is 1. The van der Waals surface area contributed by atoms with Crippen molar-refractivity contribution >= 4 is 28.3 Å². The second-order valence-corrected chi connectivity index (χ2v) is 4.45. The fourth-order valence-corrected chi connectivity index (χ4v) is 2.35. The molecule has 0 atom stereocenters. The van der Waals surface area contributed by atoms with Gasteiger partial charge in [0.25, 0.3) is 0 Å². The zero-order chi connectivity index (χ0) is 12.3. The fourth-order valence-electron chi connectivity index (χ4n) is 1.52. The van der Waals surface area contributed by atoms with Crippen LogP contribution in [-0.2, 0) is 9.59 Å². The minimum absolute atomic E-state index is 0.211. The number of amides is 2. The summed E-state index contributed by atoms with van der Waals surface area (Å²) in [5.74, 6) is 4.76. The van der Waals surface area contributed by atoms with E-state index in [4.69, 9.17) is 5.11 Å². The molecule has 2 heterocycles. The van der Waals surface area contributed by atoms with E-state index in [9.17, 15) is 9.59 Å². The molecular weight excluding hydrogens is 240 g/mol. The Balaban J connectivity index is 2.24. The predicted octanol–water partition coefficient (Wildman–Crippen LogP) is 0.530.